The van der Waals surface area contributed by atoms with E-state index in [9.17, 15) is 4.79 Å². The zero-order valence-electron chi connectivity index (χ0n) is 26.1. The first-order valence-electron chi connectivity index (χ1n) is 18.4. The summed E-state index contributed by atoms with van der Waals surface area (Å²) in [6, 6.07) is 0. The van der Waals surface area contributed by atoms with Gasteiger partial charge in [0, 0.05) is 11.8 Å². The Hall–Kier alpha value is -0.330. The third-order valence-corrected chi connectivity index (χ3v) is 10.0. The molecule has 0 aromatic heterocycles. The predicted molar refractivity (Wildman–Crippen MR) is 169 cm³/mol. The molecule has 0 unspecified atom stereocenters. The summed E-state index contributed by atoms with van der Waals surface area (Å²) in [5, 5.41) is 0. The Balaban J connectivity index is 1.86. The minimum atomic E-state index is 0.372. The summed E-state index contributed by atoms with van der Waals surface area (Å²) in [4.78, 5) is 14.0. The third-order valence-electron chi connectivity index (χ3n) is 10.0. The number of carbonyl (C=O) groups is 1. The van der Waals surface area contributed by atoms with Gasteiger partial charge < -0.3 is 0 Å². The minimum Gasteiger partial charge on any atom is -0.299 e. The zero-order valence-corrected chi connectivity index (χ0v) is 26.1. The number of Topliss-reactive ketones (excluding diaryl/α,β-unsaturated/α-hetero) is 1. The molecule has 2 aliphatic rings. The Kier molecular flexibility index (Phi) is 22.8. The van der Waals surface area contributed by atoms with Crippen LogP contribution in [0.5, 0.6) is 0 Å². The van der Waals surface area contributed by atoms with Crippen molar-refractivity contribution in [1.29, 1.82) is 0 Å². The summed E-state index contributed by atoms with van der Waals surface area (Å²) in [5.41, 5.74) is 0. The van der Waals surface area contributed by atoms with E-state index in [1.807, 2.05) is 0 Å². The molecule has 0 N–H and O–H groups in total. The molecule has 0 radical (unpaired) electrons. The Morgan fingerprint density at radius 1 is 0.237 bits per heavy atom. The lowest BCUT2D eigenvalue weighted by atomic mass is 9.80. The second-order valence-electron chi connectivity index (χ2n) is 13.6. The van der Waals surface area contributed by atoms with Crippen molar-refractivity contribution in [1.82, 2.24) is 0 Å². The van der Waals surface area contributed by atoms with Crippen LogP contribution in [-0.2, 0) is 4.79 Å². The largest absolute Gasteiger partial charge is 0.299 e. The van der Waals surface area contributed by atoms with Gasteiger partial charge in [-0.2, -0.15) is 0 Å². The molecule has 224 valence electrons. The van der Waals surface area contributed by atoms with Gasteiger partial charge in [-0.05, 0) is 25.7 Å². The molecule has 0 amide bonds. The fourth-order valence-electron chi connectivity index (χ4n) is 7.35. The summed E-state index contributed by atoms with van der Waals surface area (Å²) < 4.78 is 0. The van der Waals surface area contributed by atoms with E-state index in [0.717, 1.165) is 0 Å². The van der Waals surface area contributed by atoms with Crippen LogP contribution < -0.4 is 0 Å². The average Bonchev–Trinajstić information content (AvgIpc) is 2.92. The van der Waals surface area contributed by atoms with Crippen LogP contribution in [0.2, 0.25) is 0 Å². The second kappa shape index (κ2) is 25.6. The first kappa shape index (κ1) is 33.9. The second-order valence-corrected chi connectivity index (χ2v) is 13.6. The van der Waals surface area contributed by atoms with Gasteiger partial charge in [0.1, 0.15) is 5.78 Å². The van der Waals surface area contributed by atoms with Crippen LogP contribution >= 0.6 is 0 Å². The minimum absolute atomic E-state index is 0.372. The summed E-state index contributed by atoms with van der Waals surface area (Å²) in [6.07, 6.45) is 46.9. The van der Waals surface area contributed by atoms with Crippen LogP contribution in [0.3, 0.4) is 0 Å². The molecule has 0 atom stereocenters. The van der Waals surface area contributed by atoms with Gasteiger partial charge in [0.2, 0.25) is 0 Å². The number of hydrogen-bond acceptors (Lipinski definition) is 1. The Bertz CT molecular complexity index is 431. The molecule has 0 aliphatic heterocycles. The number of carbonyl (C=O) groups excluding carboxylic acids is 1. The molecule has 1 nitrogen and oxygen atoms in total. The van der Waals surface area contributed by atoms with E-state index in [4.69, 9.17) is 0 Å². The number of ketones is 1. The van der Waals surface area contributed by atoms with Crippen LogP contribution in [0.15, 0.2) is 0 Å². The molecule has 0 spiro atoms. The maximum absolute atomic E-state index is 14.0. The fourth-order valence-corrected chi connectivity index (χ4v) is 7.35. The van der Waals surface area contributed by atoms with Crippen LogP contribution in [0.25, 0.3) is 0 Å². The molecular weight excluding hydrogens is 460 g/mol. The van der Waals surface area contributed by atoms with Gasteiger partial charge in [-0.25, -0.2) is 0 Å². The van der Waals surface area contributed by atoms with Crippen molar-refractivity contribution < 1.29 is 4.79 Å². The summed E-state index contributed by atoms with van der Waals surface area (Å²) in [6.45, 7) is 0. The van der Waals surface area contributed by atoms with E-state index in [1.165, 1.54) is 218 Å². The molecule has 38 heavy (non-hydrogen) atoms. The third kappa shape index (κ3) is 18.9. The highest BCUT2D eigenvalue weighted by molar-refractivity contribution is 5.83. The SMILES string of the molecule is O=C(C1CCCCCCCCCCCCCCCCC1)C1CCCCCCCCCCCCCCCCC1. The Morgan fingerprint density at radius 2 is 0.368 bits per heavy atom. The van der Waals surface area contributed by atoms with Crippen molar-refractivity contribution in [3.05, 3.63) is 0 Å². The normalized spacial score (nSPS) is 24.8. The van der Waals surface area contributed by atoms with Crippen molar-refractivity contribution in [2.24, 2.45) is 11.8 Å². The lowest BCUT2D eigenvalue weighted by Gasteiger charge is -2.23. The Morgan fingerprint density at radius 3 is 0.526 bits per heavy atom. The molecule has 2 fully saturated rings. The molecule has 2 rings (SSSR count). The molecule has 2 saturated carbocycles. The summed E-state index contributed by atoms with van der Waals surface area (Å²) >= 11 is 0. The van der Waals surface area contributed by atoms with Crippen molar-refractivity contribution in [2.75, 3.05) is 0 Å². The fraction of sp³-hybridized carbons (Fsp3) is 0.973. The molecule has 0 aromatic rings. The van der Waals surface area contributed by atoms with E-state index in [1.54, 1.807) is 0 Å². The zero-order chi connectivity index (χ0) is 26.8. The smallest absolute Gasteiger partial charge is 0.139 e. The van der Waals surface area contributed by atoms with Crippen LogP contribution in [0.4, 0.5) is 0 Å². The topological polar surface area (TPSA) is 17.1 Å². The van der Waals surface area contributed by atoms with Gasteiger partial charge in [0.25, 0.3) is 0 Å². The van der Waals surface area contributed by atoms with Gasteiger partial charge in [-0.15, -0.1) is 0 Å². The lowest BCUT2D eigenvalue weighted by molar-refractivity contribution is -0.128. The van der Waals surface area contributed by atoms with Crippen LogP contribution in [0, 0.1) is 11.8 Å². The lowest BCUT2D eigenvalue weighted by Crippen LogP contribution is -2.24. The van der Waals surface area contributed by atoms with Crippen molar-refractivity contribution in [3.8, 4) is 0 Å². The van der Waals surface area contributed by atoms with E-state index >= 15 is 0 Å². The predicted octanol–water partition coefficient (Wildman–Crippen LogP) is 13.1. The van der Waals surface area contributed by atoms with E-state index in [2.05, 4.69) is 0 Å². The number of rotatable bonds is 2. The van der Waals surface area contributed by atoms with E-state index in [0.29, 0.717) is 17.6 Å². The molecule has 0 heterocycles. The summed E-state index contributed by atoms with van der Waals surface area (Å²) in [5.74, 6) is 1.45. The van der Waals surface area contributed by atoms with Gasteiger partial charge >= 0.3 is 0 Å². The van der Waals surface area contributed by atoms with E-state index < -0.39 is 0 Å². The van der Waals surface area contributed by atoms with Crippen molar-refractivity contribution in [2.45, 2.75) is 218 Å². The first-order valence-corrected chi connectivity index (χ1v) is 18.4. The maximum atomic E-state index is 14.0. The first-order chi connectivity index (χ1) is 18.9. The molecule has 1 heteroatoms. The van der Waals surface area contributed by atoms with Gasteiger partial charge in [0.15, 0.2) is 0 Å². The Labute approximate surface area is 240 Å². The number of hydrogen-bond donors (Lipinski definition) is 0. The highest BCUT2D eigenvalue weighted by Gasteiger charge is 2.26. The average molecular weight is 531 g/mol. The monoisotopic (exact) mass is 531 g/mol. The van der Waals surface area contributed by atoms with Crippen molar-refractivity contribution >= 4 is 5.78 Å². The molecule has 0 aromatic carbocycles. The molecule has 0 bridgehead atoms. The van der Waals surface area contributed by atoms with Gasteiger partial charge in [-0.3, -0.25) is 4.79 Å². The molecular formula is C37H70O. The van der Waals surface area contributed by atoms with Crippen LogP contribution in [0.1, 0.15) is 218 Å². The van der Waals surface area contributed by atoms with Crippen LogP contribution in [-0.4, -0.2) is 5.78 Å². The summed E-state index contributed by atoms with van der Waals surface area (Å²) in [7, 11) is 0. The quantitative estimate of drug-likeness (QED) is 0.347. The molecule has 0 saturated heterocycles. The highest BCUT2D eigenvalue weighted by Crippen LogP contribution is 2.29. The highest BCUT2D eigenvalue weighted by atomic mass is 16.1. The molecule has 2 aliphatic carbocycles. The van der Waals surface area contributed by atoms with Gasteiger partial charge in [0.05, 0.1) is 0 Å². The van der Waals surface area contributed by atoms with E-state index in [-0.39, 0.29) is 0 Å². The maximum Gasteiger partial charge on any atom is 0.139 e. The standard InChI is InChI=1S/C37H70O/c38-37(35-31-27-23-19-15-11-7-3-1-4-8-12-16-20-24-28-32-35)36-33-29-25-21-17-13-9-5-2-6-10-14-18-22-26-30-34-36/h35-36H,1-34H2. The van der Waals surface area contributed by atoms with Crippen molar-refractivity contribution in [3.63, 3.8) is 0 Å². The van der Waals surface area contributed by atoms with Gasteiger partial charge in [-0.1, -0.05) is 193 Å².